The predicted octanol–water partition coefficient (Wildman–Crippen LogP) is 2.49. The Morgan fingerprint density at radius 2 is 2.00 bits per heavy atom. The third-order valence-corrected chi connectivity index (χ3v) is 3.92. The van der Waals surface area contributed by atoms with Crippen LogP contribution in [0.15, 0.2) is 18.2 Å². The zero-order chi connectivity index (χ0) is 14.4. The van der Waals surface area contributed by atoms with Gasteiger partial charge in [0.2, 0.25) is 0 Å². The van der Waals surface area contributed by atoms with E-state index in [1.165, 1.54) is 6.42 Å². The molecule has 1 fully saturated rings. The molecule has 1 saturated carbocycles. The minimum atomic E-state index is -0.668. The molecule has 0 unspecified atom stereocenters. The maximum Gasteiger partial charge on any atom is 0.127 e. The van der Waals surface area contributed by atoms with Crippen molar-refractivity contribution in [2.75, 3.05) is 20.8 Å². The molecule has 1 aromatic rings. The molecule has 0 radical (unpaired) electrons. The fraction of sp³-hybridized carbons (Fsp3) is 0.625. The Labute approximate surface area is 121 Å². The summed E-state index contributed by atoms with van der Waals surface area (Å²) >= 11 is 0. The number of methoxy groups -OCH3 is 1. The topological polar surface area (TPSA) is 50.7 Å². The fourth-order valence-corrected chi connectivity index (χ4v) is 2.70. The molecule has 1 aliphatic carbocycles. The van der Waals surface area contributed by atoms with Crippen molar-refractivity contribution in [1.29, 1.82) is 0 Å². The second-order valence-corrected chi connectivity index (χ2v) is 5.58. The zero-order valence-electron chi connectivity index (χ0n) is 12.4. The number of benzene rings is 1. The standard InChI is InChI=1S/C16H25NO3/c1-17-11-13-6-7-14(19-2)10-15(13)20-12-16(18)8-4-3-5-9-16/h6-7,10,17-18H,3-5,8-9,11-12H2,1-2H3. The van der Waals surface area contributed by atoms with E-state index in [-0.39, 0.29) is 0 Å². The molecule has 0 bridgehead atoms. The summed E-state index contributed by atoms with van der Waals surface area (Å²) in [6.07, 6.45) is 5.05. The van der Waals surface area contributed by atoms with Gasteiger partial charge >= 0.3 is 0 Å². The summed E-state index contributed by atoms with van der Waals surface area (Å²) in [7, 11) is 3.55. The molecule has 0 spiro atoms. The molecule has 0 saturated heterocycles. The van der Waals surface area contributed by atoms with Crippen LogP contribution in [0.1, 0.15) is 37.7 Å². The van der Waals surface area contributed by atoms with Crippen LogP contribution in [-0.4, -0.2) is 31.5 Å². The van der Waals surface area contributed by atoms with Crippen molar-refractivity contribution < 1.29 is 14.6 Å². The second kappa shape index (κ2) is 6.95. The number of hydrogen-bond donors (Lipinski definition) is 2. The average molecular weight is 279 g/mol. The highest BCUT2D eigenvalue weighted by atomic mass is 16.5. The minimum absolute atomic E-state index is 0.358. The lowest BCUT2D eigenvalue weighted by Gasteiger charge is -2.32. The van der Waals surface area contributed by atoms with Crippen LogP contribution in [0.5, 0.6) is 11.5 Å². The lowest BCUT2D eigenvalue weighted by molar-refractivity contribution is -0.0341. The summed E-state index contributed by atoms with van der Waals surface area (Å²) in [5.74, 6) is 1.56. The minimum Gasteiger partial charge on any atom is -0.497 e. The second-order valence-electron chi connectivity index (χ2n) is 5.58. The molecule has 0 aromatic heterocycles. The monoisotopic (exact) mass is 279 g/mol. The van der Waals surface area contributed by atoms with E-state index < -0.39 is 5.60 Å². The van der Waals surface area contributed by atoms with E-state index in [0.717, 1.165) is 49.3 Å². The molecule has 20 heavy (non-hydrogen) atoms. The van der Waals surface area contributed by atoms with Crippen molar-refractivity contribution in [3.63, 3.8) is 0 Å². The third kappa shape index (κ3) is 3.87. The molecule has 0 atom stereocenters. The van der Waals surface area contributed by atoms with Crippen molar-refractivity contribution >= 4 is 0 Å². The van der Waals surface area contributed by atoms with Crippen LogP contribution in [0.2, 0.25) is 0 Å². The molecule has 1 aliphatic rings. The van der Waals surface area contributed by atoms with Gasteiger partial charge in [-0.3, -0.25) is 0 Å². The highest BCUT2D eigenvalue weighted by Crippen LogP contribution is 2.31. The highest BCUT2D eigenvalue weighted by Gasteiger charge is 2.30. The number of hydrogen-bond acceptors (Lipinski definition) is 4. The van der Waals surface area contributed by atoms with Gasteiger partial charge in [-0.15, -0.1) is 0 Å². The summed E-state index contributed by atoms with van der Waals surface area (Å²) in [6, 6.07) is 5.81. The van der Waals surface area contributed by atoms with Gasteiger partial charge in [-0.1, -0.05) is 25.3 Å². The molecule has 112 valence electrons. The summed E-state index contributed by atoms with van der Waals surface area (Å²) in [6.45, 7) is 1.09. The molecule has 4 nitrogen and oxygen atoms in total. The number of ether oxygens (including phenoxy) is 2. The van der Waals surface area contributed by atoms with Crippen LogP contribution < -0.4 is 14.8 Å². The number of nitrogens with one attached hydrogen (secondary N) is 1. The smallest absolute Gasteiger partial charge is 0.127 e. The van der Waals surface area contributed by atoms with Crippen LogP contribution in [0, 0.1) is 0 Å². The molecule has 2 rings (SSSR count). The normalized spacial score (nSPS) is 17.8. The van der Waals surface area contributed by atoms with Crippen molar-refractivity contribution in [1.82, 2.24) is 5.32 Å². The van der Waals surface area contributed by atoms with Gasteiger partial charge in [0.25, 0.3) is 0 Å². The molecule has 0 heterocycles. The van der Waals surface area contributed by atoms with Gasteiger partial charge in [-0.2, -0.15) is 0 Å². The molecular weight excluding hydrogens is 254 g/mol. The van der Waals surface area contributed by atoms with Gasteiger partial charge in [0.15, 0.2) is 0 Å². The van der Waals surface area contributed by atoms with Crippen molar-refractivity contribution in [2.45, 2.75) is 44.2 Å². The van der Waals surface area contributed by atoms with E-state index in [9.17, 15) is 5.11 Å². The Morgan fingerprint density at radius 3 is 2.65 bits per heavy atom. The Morgan fingerprint density at radius 1 is 1.25 bits per heavy atom. The Kier molecular flexibility index (Phi) is 5.26. The maximum atomic E-state index is 10.5. The predicted molar refractivity (Wildman–Crippen MR) is 79.3 cm³/mol. The first-order chi connectivity index (χ1) is 9.67. The third-order valence-electron chi connectivity index (χ3n) is 3.92. The zero-order valence-corrected chi connectivity index (χ0v) is 12.4. The summed E-state index contributed by atoms with van der Waals surface area (Å²) in [5.41, 5.74) is 0.408. The summed E-state index contributed by atoms with van der Waals surface area (Å²) < 4.78 is 11.1. The first-order valence-corrected chi connectivity index (χ1v) is 7.33. The van der Waals surface area contributed by atoms with Gasteiger partial charge in [0, 0.05) is 18.2 Å². The fourth-order valence-electron chi connectivity index (χ4n) is 2.70. The van der Waals surface area contributed by atoms with Crippen LogP contribution in [0.3, 0.4) is 0 Å². The molecule has 0 aliphatic heterocycles. The van der Waals surface area contributed by atoms with Crippen LogP contribution in [0.4, 0.5) is 0 Å². The van der Waals surface area contributed by atoms with Crippen molar-refractivity contribution in [3.05, 3.63) is 23.8 Å². The number of rotatable bonds is 6. The van der Waals surface area contributed by atoms with E-state index >= 15 is 0 Å². The molecule has 0 amide bonds. The lowest BCUT2D eigenvalue weighted by atomic mass is 9.85. The summed E-state index contributed by atoms with van der Waals surface area (Å²) in [5, 5.41) is 13.6. The van der Waals surface area contributed by atoms with Gasteiger partial charge in [0.05, 0.1) is 12.7 Å². The lowest BCUT2D eigenvalue weighted by Crippen LogP contribution is -2.38. The Balaban J connectivity index is 2.06. The van der Waals surface area contributed by atoms with Crippen molar-refractivity contribution in [3.8, 4) is 11.5 Å². The highest BCUT2D eigenvalue weighted by molar-refractivity contribution is 5.40. The maximum absolute atomic E-state index is 10.5. The average Bonchev–Trinajstić information content (AvgIpc) is 2.47. The van der Waals surface area contributed by atoms with E-state index in [2.05, 4.69) is 5.32 Å². The van der Waals surface area contributed by atoms with E-state index in [1.54, 1.807) is 7.11 Å². The Bertz CT molecular complexity index is 428. The van der Waals surface area contributed by atoms with E-state index in [0.29, 0.717) is 6.61 Å². The molecular formula is C16H25NO3. The number of aliphatic hydroxyl groups is 1. The first kappa shape index (κ1) is 15.1. The quantitative estimate of drug-likeness (QED) is 0.840. The Hall–Kier alpha value is -1.26. The molecule has 1 aromatic carbocycles. The molecule has 4 heteroatoms. The SMILES string of the molecule is CNCc1ccc(OC)cc1OCC1(O)CCCCC1. The summed E-state index contributed by atoms with van der Waals surface area (Å²) in [4.78, 5) is 0. The first-order valence-electron chi connectivity index (χ1n) is 7.33. The van der Waals surface area contributed by atoms with Gasteiger partial charge in [-0.05, 0) is 26.0 Å². The van der Waals surface area contributed by atoms with Crippen molar-refractivity contribution in [2.24, 2.45) is 0 Å². The van der Waals surface area contributed by atoms with E-state index in [4.69, 9.17) is 9.47 Å². The largest absolute Gasteiger partial charge is 0.497 e. The van der Waals surface area contributed by atoms with Crippen LogP contribution in [-0.2, 0) is 6.54 Å². The van der Waals surface area contributed by atoms with Gasteiger partial charge in [0.1, 0.15) is 18.1 Å². The van der Waals surface area contributed by atoms with Crippen LogP contribution >= 0.6 is 0 Å². The van der Waals surface area contributed by atoms with Crippen LogP contribution in [0.25, 0.3) is 0 Å². The molecule has 2 N–H and O–H groups in total. The van der Waals surface area contributed by atoms with Gasteiger partial charge in [-0.25, -0.2) is 0 Å². The van der Waals surface area contributed by atoms with E-state index in [1.807, 2.05) is 25.2 Å². The van der Waals surface area contributed by atoms with Gasteiger partial charge < -0.3 is 19.9 Å².